The van der Waals surface area contributed by atoms with E-state index in [0.29, 0.717) is 36.7 Å². The number of aryl methyl sites for hydroxylation is 1. The van der Waals surface area contributed by atoms with E-state index in [1.807, 2.05) is 31.2 Å². The van der Waals surface area contributed by atoms with Gasteiger partial charge in [0.25, 0.3) is 5.91 Å². The van der Waals surface area contributed by atoms with Crippen molar-refractivity contribution in [3.63, 3.8) is 0 Å². The first-order valence-electron chi connectivity index (χ1n) is 8.80. The summed E-state index contributed by atoms with van der Waals surface area (Å²) in [5.41, 5.74) is 2.35. The lowest BCUT2D eigenvalue weighted by atomic mass is 10.1. The molecule has 0 spiro atoms. The van der Waals surface area contributed by atoms with Gasteiger partial charge in [0.05, 0.1) is 12.2 Å². The van der Waals surface area contributed by atoms with Gasteiger partial charge in [-0.25, -0.2) is 9.37 Å². The monoisotopic (exact) mass is 366 g/mol. The third-order valence-electron chi connectivity index (χ3n) is 4.52. The van der Waals surface area contributed by atoms with Crippen molar-refractivity contribution in [1.29, 1.82) is 0 Å². The van der Waals surface area contributed by atoms with Crippen molar-refractivity contribution in [3.8, 4) is 5.75 Å². The van der Waals surface area contributed by atoms with Gasteiger partial charge in [0.2, 0.25) is 5.89 Å². The fraction of sp³-hybridized carbons (Fsp3) is 0.238. The minimum Gasteiger partial charge on any atom is -0.484 e. The van der Waals surface area contributed by atoms with Crippen molar-refractivity contribution in [1.82, 2.24) is 9.88 Å². The lowest BCUT2D eigenvalue weighted by Crippen LogP contribution is -2.35. The van der Waals surface area contributed by atoms with Crippen LogP contribution in [0.25, 0.3) is 0 Å². The maximum Gasteiger partial charge on any atom is 0.254 e. The molecule has 3 aromatic rings. The van der Waals surface area contributed by atoms with E-state index in [1.54, 1.807) is 11.0 Å². The third kappa shape index (κ3) is 3.84. The molecule has 0 unspecified atom stereocenters. The summed E-state index contributed by atoms with van der Waals surface area (Å²) in [6, 6.07) is 13.5. The van der Waals surface area contributed by atoms with Crippen LogP contribution in [0.3, 0.4) is 0 Å². The maximum atomic E-state index is 13.4. The van der Waals surface area contributed by atoms with E-state index in [2.05, 4.69) is 4.98 Å². The lowest BCUT2D eigenvalue weighted by molar-refractivity contribution is 0.0717. The Labute approximate surface area is 156 Å². The number of ether oxygens (including phenoxy) is 1. The first-order valence-corrected chi connectivity index (χ1v) is 8.80. The standard InChI is InChI=1S/C21H19FN2O3/c1-14-5-7-17(8-6-14)26-13-20-23-18-9-10-24(12-19(18)27-20)21(25)15-3-2-4-16(22)11-15/h2-8,11H,9-10,12-13H2,1H3. The van der Waals surface area contributed by atoms with E-state index >= 15 is 0 Å². The zero-order valence-corrected chi connectivity index (χ0v) is 14.9. The van der Waals surface area contributed by atoms with Gasteiger partial charge in [0, 0.05) is 18.5 Å². The summed E-state index contributed by atoms with van der Waals surface area (Å²) in [6.45, 7) is 3.09. The number of benzene rings is 2. The Balaban J connectivity index is 1.42. The number of halogens is 1. The minimum absolute atomic E-state index is 0.214. The van der Waals surface area contributed by atoms with E-state index in [-0.39, 0.29) is 12.5 Å². The molecule has 0 radical (unpaired) electrons. The number of carbonyl (C=O) groups is 1. The summed E-state index contributed by atoms with van der Waals surface area (Å²) in [4.78, 5) is 18.7. The Kier molecular flexibility index (Phi) is 4.62. The van der Waals surface area contributed by atoms with E-state index in [0.717, 1.165) is 17.0 Å². The molecule has 0 bridgehead atoms. The van der Waals surface area contributed by atoms with Crippen molar-refractivity contribution in [2.45, 2.75) is 26.5 Å². The van der Waals surface area contributed by atoms with Crippen LogP contribution >= 0.6 is 0 Å². The highest BCUT2D eigenvalue weighted by molar-refractivity contribution is 5.94. The molecule has 2 heterocycles. The first-order chi connectivity index (χ1) is 13.1. The van der Waals surface area contributed by atoms with Gasteiger partial charge >= 0.3 is 0 Å². The second-order valence-corrected chi connectivity index (χ2v) is 6.57. The van der Waals surface area contributed by atoms with Crippen LogP contribution < -0.4 is 4.74 Å². The number of oxazole rings is 1. The highest BCUT2D eigenvalue weighted by Crippen LogP contribution is 2.23. The van der Waals surface area contributed by atoms with Crippen LogP contribution in [0, 0.1) is 12.7 Å². The minimum atomic E-state index is -0.422. The summed E-state index contributed by atoms with van der Waals surface area (Å²) >= 11 is 0. The lowest BCUT2D eigenvalue weighted by Gasteiger charge is -2.25. The molecule has 0 aliphatic carbocycles. The Morgan fingerprint density at radius 1 is 1.26 bits per heavy atom. The fourth-order valence-corrected chi connectivity index (χ4v) is 3.07. The summed E-state index contributed by atoms with van der Waals surface area (Å²) in [7, 11) is 0. The van der Waals surface area contributed by atoms with Crippen molar-refractivity contribution < 1.29 is 18.3 Å². The molecule has 27 heavy (non-hydrogen) atoms. The van der Waals surface area contributed by atoms with E-state index in [4.69, 9.17) is 9.15 Å². The number of hydrogen-bond acceptors (Lipinski definition) is 4. The molecule has 0 saturated heterocycles. The quantitative estimate of drug-likeness (QED) is 0.703. The van der Waals surface area contributed by atoms with Crippen LogP contribution in [-0.2, 0) is 19.6 Å². The molecule has 6 heteroatoms. The smallest absolute Gasteiger partial charge is 0.254 e. The van der Waals surface area contributed by atoms with Crippen molar-refractivity contribution in [3.05, 3.63) is 82.8 Å². The summed E-state index contributed by atoms with van der Waals surface area (Å²) in [5.74, 6) is 1.26. The average Bonchev–Trinajstić information content (AvgIpc) is 3.09. The summed E-state index contributed by atoms with van der Waals surface area (Å²) in [5, 5.41) is 0. The number of rotatable bonds is 4. The van der Waals surface area contributed by atoms with Crippen LogP contribution in [0.1, 0.15) is 33.3 Å². The van der Waals surface area contributed by atoms with Gasteiger partial charge in [-0.3, -0.25) is 4.79 Å². The Morgan fingerprint density at radius 2 is 2.07 bits per heavy atom. The molecule has 2 aromatic carbocycles. The molecule has 1 aliphatic heterocycles. The van der Waals surface area contributed by atoms with Crippen LogP contribution in [0.2, 0.25) is 0 Å². The molecule has 1 aliphatic rings. The van der Waals surface area contributed by atoms with Crippen molar-refractivity contribution in [2.75, 3.05) is 6.54 Å². The number of nitrogens with zero attached hydrogens (tertiary/aromatic N) is 2. The predicted molar refractivity (Wildman–Crippen MR) is 96.9 cm³/mol. The summed E-state index contributed by atoms with van der Waals surface area (Å²) < 4.78 is 24.9. The molecular weight excluding hydrogens is 347 g/mol. The van der Waals surface area contributed by atoms with Gasteiger partial charge in [0.1, 0.15) is 17.3 Å². The van der Waals surface area contributed by atoms with Crippen LogP contribution in [0.15, 0.2) is 52.9 Å². The molecule has 0 fully saturated rings. The highest BCUT2D eigenvalue weighted by atomic mass is 19.1. The predicted octanol–water partition coefficient (Wildman–Crippen LogP) is 3.90. The maximum absolute atomic E-state index is 13.4. The summed E-state index contributed by atoms with van der Waals surface area (Å²) in [6.07, 6.45) is 0.602. The van der Waals surface area contributed by atoms with Gasteiger partial charge in [-0.15, -0.1) is 0 Å². The molecule has 1 amide bonds. The van der Waals surface area contributed by atoms with Crippen LogP contribution in [0.5, 0.6) is 5.75 Å². The van der Waals surface area contributed by atoms with Gasteiger partial charge < -0.3 is 14.1 Å². The van der Waals surface area contributed by atoms with Crippen molar-refractivity contribution >= 4 is 5.91 Å². The Hall–Kier alpha value is -3.15. The molecule has 0 saturated carbocycles. The van der Waals surface area contributed by atoms with E-state index < -0.39 is 5.82 Å². The molecule has 138 valence electrons. The average molecular weight is 366 g/mol. The Bertz CT molecular complexity index is 966. The van der Waals surface area contributed by atoms with Gasteiger partial charge in [0.15, 0.2) is 6.61 Å². The normalized spacial score (nSPS) is 13.3. The number of carbonyl (C=O) groups excluding carboxylic acids is 1. The SMILES string of the molecule is Cc1ccc(OCc2nc3c(o2)CN(C(=O)c2cccc(F)c2)CC3)cc1. The molecule has 1 aromatic heterocycles. The molecule has 0 N–H and O–H groups in total. The van der Waals surface area contributed by atoms with E-state index in [1.165, 1.54) is 18.2 Å². The largest absolute Gasteiger partial charge is 0.484 e. The number of hydrogen-bond donors (Lipinski definition) is 0. The Morgan fingerprint density at radius 3 is 2.85 bits per heavy atom. The highest BCUT2D eigenvalue weighted by Gasteiger charge is 2.26. The molecule has 5 nitrogen and oxygen atoms in total. The first kappa shape index (κ1) is 17.3. The van der Waals surface area contributed by atoms with Gasteiger partial charge in [-0.1, -0.05) is 23.8 Å². The fourth-order valence-electron chi connectivity index (χ4n) is 3.07. The number of amides is 1. The second-order valence-electron chi connectivity index (χ2n) is 6.57. The molecule has 0 atom stereocenters. The van der Waals surface area contributed by atoms with Crippen LogP contribution in [-0.4, -0.2) is 22.3 Å². The van der Waals surface area contributed by atoms with Gasteiger partial charge in [-0.05, 0) is 37.3 Å². The zero-order valence-electron chi connectivity index (χ0n) is 14.9. The molecular formula is C21H19FN2O3. The topological polar surface area (TPSA) is 55.6 Å². The van der Waals surface area contributed by atoms with Gasteiger partial charge in [-0.2, -0.15) is 0 Å². The van der Waals surface area contributed by atoms with Crippen molar-refractivity contribution in [2.24, 2.45) is 0 Å². The third-order valence-corrected chi connectivity index (χ3v) is 4.52. The second kappa shape index (κ2) is 7.23. The number of aromatic nitrogens is 1. The number of fused-ring (bicyclic) bond motifs is 1. The zero-order chi connectivity index (χ0) is 18.8. The van der Waals surface area contributed by atoms with E-state index in [9.17, 15) is 9.18 Å². The molecule has 4 rings (SSSR count). The van der Waals surface area contributed by atoms with Crippen LogP contribution in [0.4, 0.5) is 4.39 Å².